The first-order valence-corrected chi connectivity index (χ1v) is 44.4. The second kappa shape index (κ2) is 51.3. The van der Waals surface area contributed by atoms with E-state index in [-0.39, 0.29) is 84.6 Å². The van der Waals surface area contributed by atoms with Crippen molar-refractivity contribution in [3.63, 3.8) is 0 Å². The monoisotopic (exact) mass is 1920 g/mol. The molecule has 0 radical (unpaired) electrons. The lowest BCUT2D eigenvalue weighted by Crippen LogP contribution is -2.09. The van der Waals surface area contributed by atoms with Gasteiger partial charge in [-0.15, -0.1) is 29.1 Å². The summed E-state index contributed by atoms with van der Waals surface area (Å²) in [6, 6.07) is 50.3. The van der Waals surface area contributed by atoms with Crippen LogP contribution >= 0.6 is 22.7 Å². The molecule has 0 aromatic carbocycles. The first kappa shape index (κ1) is 100. The highest BCUT2D eigenvalue weighted by Gasteiger charge is 2.29. The van der Waals surface area contributed by atoms with Gasteiger partial charge in [0.25, 0.3) is 5.92 Å². The van der Waals surface area contributed by atoms with Gasteiger partial charge in [0, 0.05) is 171 Å². The van der Waals surface area contributed by atoms with Crippen LogP contribution in [0.15, 0.2) is 329 Å². The predicted molar refractivity (Wildman–Crippen MR) is 515 cm³/mol. The maximum Gasteiger partial charge on any atom is 0.287 e. The summed E-state index contributed by atoms with van der Waals surface area (Å²) < 4.78 is 65.3. The molecule has 18 rings (SSSR count). The highest BCUT2D eigenvalue weighted by atomic mass is 32.1. The van der Waals surface area contributed by atoms with Gasteiger partial charge in [-0.1, -0.05) is 6.07 Å². The van der Waals surface area contributed by atoms with Gasteiger partial charge in [-0.25, -0.2) is 34.9 Å². The number of methoxy groups -OCH3 is 1. The Hall–Kier alpha value is -18.4. The first-order valence-electron chi connectivity index (χ1n) is 42.6. The van der Waals surface area contributed by atoms with Crippen LogP contribution in [0.4, 0.5) is 8.78 Å². The average molecular weight is 1920 g/mol. The van der Waals surface area contributed by atoms with E-state index < -0.39 is 5.92 Å². The Morgan fingerprint density at radius 1 is 0.326 bits per heavy atom. The van der Waals surface area contributed by atoms with Gasteiger partial charge in [-0.05, 0) is 171 Å². The third-order valence-corrected chi connectivity index (χ3v) is 20.4. The van der Waals surface area contributed by atoms with Gasteiger partial charge in [-0.3, -0.25) is 93.6 Å². The van der Waals surface area contributed by atoms with E-state index in [1.807, 2.05) is 57.2 Å². The van der Waals surface area contributed by atoms with Crippen molar-refractivity contribution >= 4 is 57.4 Å². The van der Waals surface area contributed by atoms with E-state index in [1.54, 1.807) is 232 Å². The normalized spacial score (nSPS) is 10.4. The van der Waals surface area contributed by atoms with Crippen molar-refractivity contribution < 1.29 is 70.7 Å². The summed E-state index contributed by atoms with van der Waals surface area (Å²) in [7, 11) is 1.53. The number of thiazole rings is 2. The van der Waals surface area contributed by atoms with Gasteiger partial charge in [0.15, 0.2) is 46.2 Å². The number of rotatable bonds is 32. The van der Waals surface area contributed by atoms with Gasteiger partial charge in [0.05, 0.1) is 88.1 Å². The number of aromatic nitrogens is 20. The third kappa shape index (κ3) is 33.0. The molecule has 0 atom stereocenters. The Labute approximate surface area is 813 Å². The summed E-state index contributed by atoms with van der Waals surface area (Å²) in [6.45, 7) is 6.53. The number of hydrogen-bond donors (Lipinski definition) is 0. The Balaban J connectivity index is 0.000000142. The number of aryl methyl sites for hydroxylation is 3. The number of ether oxygens (including phenoxy) is 7. The molecule has 0 saturated heterocycles. The van der Waals surface area contributed by atoms with Crippen molar-refractivity contribution in [1.82, 2.24) is 99.7 Å². The number of ketones is 6. The third-order valence-electron chi connectivity index (χ3n) is 18.8. The van der Waals surface area contributed by atoms with Crippen molar-refractivity contribution in [2.45, 2.75) is 72.1 Å². The van der Waals surface area contributed by atoms with Crippen LogP contribution in [0.25, 0.3) is 0 Å². The van der Waals surface area contributed by atoms with Gasteiger partial charge in [0.2, 0.25) is 5.88 Å². The van der Waals surface area contributed by atoms with E-state index in [9.17, 15) is 37.5 Å². The Morgan fingerprint density at radius 2 is 0.660 bits per heavy atom. The minimum atomic E-state index is -3.02. The highest BCUT2D eigenvalue weighted by molar-refractivity contribution is 7.10. The molecule has 702 valence electrons. The van der Waals surface area contributed by atoms with E-state index in [0.29, 0.717) is 125 Å². The van der Waals surface area contributed by atoms with Crippen LogP contribution in [0.3, 0.4) is 0 Å². The lowest BCUT2D eigenvalue weighted by molar-refractivity contribution is 0.0132. The second-order valence-electron chi connectivity index (χ2n) is 29.8. The molecule has 0 aliphatic rings. The van der Waals surface area contributed by atoms with E-state index in [2.05, 4.69) is 106 Å². The minimum Gasteiger partial charge on any atom is -0.481 e. The van der Waals surface area contributed by atoms with Crippen molar-refractivity contribution in [1.29, 1.82) is 0 Å². The molecule has 0 aliphatic heterocycles. The summed E-state index contributed by atoms with van der Waals surface area (Å²) in [6.07, 6.45) is 42.5. The highest BCUT2D eigenvalue weighted by Crippen LogP contribution is 2.32. The summed E-state index contributed by atoms with van der Waals surface area (Å²) in [5.74, 6) is 5.43. The zero-order chi connectivity index (χ0) is 98.9. The number of carbonyl (C=O) groups excluding carboxylic acids is 6. The fourth-order valence-corrected chi connectivity index (χ4v) is 13.9. The maximum atomic E-state index is 13.2. The fraction of sp³-hybridized carbons (Fsp3) is 0.115. The fourth-order valence-electron chi connectivity index (χ4n) is 12.2. The molecule has 18 aromatic heterocycles. The SMILES string of the molecule is C#Cc1csc(CC(=O)c2cc(Oc3cccnc3)ccn2)n1.CC(F)(F)c1csc(CC(=O)c2cc(Oc3cccnc3)ccn2)n1.COc1cccc(CC(=O)c2cc(Oc3cncnc3)ccn2)n1.Cc1cc(CC(=O)c2cc(Oc3cccnc3)ccn2)ccn1.Cc1cc(CC(=O)c2cc(Oc3cccnc3)ccn2)ccn1.Cc1ccnc(CC(=O)c2cc(Oc3cncnc3)ccn2)c1. The molecule has 141 heavy (non-hydrogen) atoms. The Kier molecular flexibility index (Phi) is 36.4. The summed E-state index contributed by atoms with van der Waals surface area (Å²) in [5.41, 5.74) is 8.12. The molecule has 18 heterocycles. The van der Waals surface area contributed by atoms with Crippen LogP contribution < -0.4 is 33.2 Å². The molecule has 37 heteroatoms. The number of hydrogen-bond acceptors (Lipinski definition) is 35. The molecule has 0 N–H and O–H groups in total. The number of terminal acetylenes is 1. The van der Waals surface area contributed by atoms with Crippen LogP contribution in [-0.2, 0) is 44.4 Å². The van der Waals surface area contributed by atoms with Crippen LogP contribution in [0.2, 0.25) is 0 Å². The molecule has 0 amide bonds. The zero-order valence-corrected chi connectivity index (χ0v) is 77.5. The molecule has 18 aromatic rings. The molecular formula is C104H82F2N20O13S2. The number of nitrogens with zero attached hydrogens (tertiary/aromatic N) is 20. The average Bonchev–Trinajstić information content (AvgIpc) is 1.63. The predicted octanol–water partition coefficient (Wildman–Crippen LogP) is 19.5. The lowest BCUT2D eigenvalue weighted by atomic mass is 10.1. The Bertz CT molecular complexity index is 6940. The molecule has 0 saturated carbocycles. The lowest BCUT2D eigenvalue weighted by Gasteiger charge is -2.06. The minimum absolute atomic E-state index is 0.0627. The molecule has 33 nitrogen and oxygen atoms in total. The molecule has 0 fully saturated rings. The quantitative estimate of drug-likeness (QED) is 0.0279. The summed E-state index contributed by atoms with van der Waals surface area (Å²) in [4.78, 5) is 155. The molecule has 0 aliphatic carbocycles. The number of halogens is 2. The van der Waals surface area contributed by atoms with E-state index in [4.69, 9.17) is 39.6 Å². The van der Waals surface area contributed by atoms with Crippen LogP contribution in [0, 0.1) is 33.1 Å². The number of pyridine rings is 14. The van der Waals surface area contributed by atoms with Crippen molar-refractivity contribution in [3.8, 4) is 87.2 Å². The van der Waals surface area contributed by atoms with Gasteiger partial charge >= 0.3 is 0 Å². The van der Waals surface area contributed by atoms with E-state index in [1.165, 1.54) is 79.7 Å². The number of Topliss-reactive ketones (excluding diaryl/α,β-unsaturated/α-hetero) is 6. The maximum absolute atomic E-state index is 13.2. The Morgan fingerprint density at radius 3 is 0.993 bits per heavy atom. The second-order valence-corrected chi connectivity index (χ2v) is 31.7. The first-order chi connectivity index (χ1) is 68.5. The molecule has 0 unspecified atom stereocenters. The van der Waals surface area contributed by atoms with Crippen LogP contribution in [0.1, 0.15) is 131 Å². The van der Waals surface area contributed by atoms with Gasteiger partial charge in [0.1, 0.15) is 126 Å². The van der Waals surface area contributed by atoms with Crippen molar-refractivity contribution in [2.75, 3.05) is 7.11 Å². The van der Waals surface area contributed by atoms with Crippen molar-refractivity contribution in [3.05, 3.63) is 425 Å². The number of alkyl halides is 2. The van der Waals surface area contributed by atoms with E-state index >= 15 is 0 Å². The summed E-state index contributed by atoms with van der Waals surface area (Å²) >= 11 is 2.39. The van der Waals surface area contributed by atoms with Crippen molar-refractivity contribution in [2.24, 2.45) is 0 Å². The molecule has 0 bridgehead atoms. The van der Waals surface area contributed by atoms with E-state index in [0.717, 1.165) is 52.0 Å². The van der Waals surface area contributed by atoms with Gasteiger partial charge in [-0.2, -0.15) is 8.78 Å². The van der Waals surface area contributed by atoms with Gasteiger partial charge < -0.3 is 33.2 Å². The zero-order valence-electron chi connectivity index (χ0n) is 75.8. The topological polar surface area (TPSA) is 425 Å². The molecule has 0 spiro atoms. The molecular weight excluding hydrogens is 1840 g/mol. The smallest absolute Gasteiger partial charge is 0.287 e. The largest absolute Gasteiger partial charge is 0.481 e. The van der Waals surface area contributed by atoms with Crippen LogP contribution in [0.5, 0.6) is 74.9 Å². The summed E-state index contributed by atoms with van der Waals surface area (Å²) in [5, 5.41) is 4.00. The van der Waals surface area contributed by atoms with Crippen LogP contribution in [-0.4, -0.2) is 141 Å². The number of carbonyl (C=O) groups is 6. The standard InChI is InChI=1S/2C18H15N3O2.C17H13F2N3O2S.C17H14N4O3.C17H14N4O2.C17H11N3O2S/c2*1-13-9-14(4-7-20-13)10-18(22)17-11-15(5-8-21-17)23-16-3-2-6-19-12-16;1-17(18,19)15-10-25-16(22-15)8-14(23)13-7-11(4-6-21-13)24-12-3-2-5-20-9-12;1-23-17-4-2-3-12(21-17)7-16(22)15-8-13(5-6-20-15)24-14-9-18-11-19-10-14;1-12-2-4-20-13(6-12)7-17(22)16-8-14(3-5-21-16)23-15-9-18-11-19-10-15;1-2-12-11-23-17(20-12)9-16(21)15-8-13(5-7-19-15)22-14-4-3-6-18-10-14/h2*2-9,11-12H,10H2,1H3;2-7,9-10H,8H2,1H3;2-6,8-11H,7H2,1H3;2-6,8-11H,7H2,1H3;1,3-8,10-11H,9H2.